The van der Waals surface area contributed by atoms with E-state index >= 15 is 0 Å². The van der Waals surface area contributed by atoms with Gasteiger partial charge in [0.05, 0.1) is 0 Å². The SMILES string of the molecule is Cc1nnc(NC(=O)NC[C@H]2CCN(C(C)C)C2)s1. The minimum Gasteiger partial charge on any atom is -0.337 e. The highest BCUT2D eigenvalue weighted by atomic mass is 32.1. The molecule has 0 unspecified atom stereocenters. The first-order valence-corrected chi connectivity index (χ1v) is 7.45. The molecule has 2 rings (SSSR count). The van der Waals surface area contributed by atoms with Crippen LogP contribution >= 0.6 is 11.3 Å². The molecule has 1 atom stereocenters. The summed E-state index contributed by atoms with van der Waals surface area (Å²) in [5.74, 6) is 0.546. The number of hydrogen-bond acceptors (Lipinski definition) is 5. The second-order valence-corrected chi connectivity index (χ2v) is 6.39. The molecule has 1 aromatic rings. The van der Waals surface area contributed by atoms with E-state index in [1.807, 2.05) is 6.92 Å². The lowest BCUT2D eigenvalue weighted by molar-refractivity contribution is 0.247. The van der Waals surface area contributed by atoms with E-state index in [0.29, 0.717) is 23.6 Å². The minimum absolute atomic E-state index is 0.195. The summed E-state index contributed by atoms with van der Waals surface area (Å²) in [6, 6.07) is 0.391. The summed E-state index contributed by atoms with van der Waals surface area (Å²) in [7, 11) is 0. The zero-order chi connectivity index (χ0) is 13.8. The Balaban J connectivity index is 1.70. The minimum atomic E-state index is -0.195. The van der Waals surface area contributed by atoms with Crippen LogP contribution in [-0.2, 0) is 0 Å². The van der Waals surface area contributed by atoms with Gasteiger partial charge in [-0.25, -0.2) is 4.79 Å². The number of carbonyl (C=O) groups is 1. The van der Waals surface area contributed by atoms with Gasteiger partial charge >= 0.3 is 6.03 Å². The molecule has 6 nitrogen and oxygen atoms in total. The highest BCUT2D eigenvalue weighted by Crippen LogP contribution is 2.18. The van der Waals surface area contributed by atoms with E-state index in [-0.39, 0.29) is 6.03 Å². The number of nitrogens with one attached hydrogen (secondary N) is 2. The van der Waals surface area contributed by atoms with Crippen LogP contribution < -0.4 is 10.6 Å². The van der Waals surface area contributed by atoms with E-state index in [9.17, 15) is 4.79 Å². The molecule has 0 saturated carbocycles. The molecule has 0 radical (unpaired) electrons. The van der Waals surface area contributed by atoms with Crippen molar-refractivity contribution in [3.05, 3.63) is 5.01 Å². The number of aromatic nitrogens is 2. The molecule has 7 heteroatoms. The maximum absolute atomic E-state index is 11.7. The van der Waals surface area contributed by atoms with Crippen LogP contribution in [0.15, 0.2) is 0 Å². The van der Waals surface area contributed by atoms with E-state index < -0.39 is 0 Å². The fraction of sp³-hybridized carbons (Fsp3) is 0.750. The standard InChI is InChI=1S/C12H21N5OS/c1-8(2)17-5-4-10(7-17)6-13-11(18)14-12-16-15-9(3)19-12/h8,10H,4-7H2,1-3H3,(H2,13,14,16,18)/t10-/m1/s1. The van der Waals surface area contributed by atoms with Gasteiger partial charge in [-0.2, -0.15) is 0 Å². The van der Waals surface area contributed by atoms with Crippen molar-refractivity contribution in [1.29, 1.82) is 0 Å². The Kier molecular flexibility index (Phi) is 4.71. The Morgan fingerprint density at radius 1 is 1.53 bits per heavy atom. The molecular formula is C12H21N5OS. The highest BCUT2D eigenvalue weighted by molar-refractivity contribution is 7.15. The Morgan fingerprint density at radius 3 is 2.89 bits per heavy atom. The molecule has 0 aromatic carbocycles. The van der Waals surface area contributed by atoms with Crippen molar-refractivity contribution in [3.63, 3.8) is 0 Å². The molecule has 1 aromatic heterocycles. The van der Waals surface area contributed by atoms with Crippen LogP contribution in [0.3, 0.4) is 0 Å². The first-order chi connectivity index (χ1) is 9.04. The van der Waals surface area contributed by atoms with Crippen LogP contribution in [0.5, 0.6) is 0 Å². The molecule has 2 heterocycles. The first kappa shape index (κ1) is 14.2. The van der Waals surface area contributed by atoms with Gasteiger partial charge in [0.15, 0.2) is 0 Å². The number of urea groups is 1. The predicted octanol–water partition coefficient (Wildman–Crippen LogP) is 1.70. The van der Waals surface area contributed by atoms with E-state index in [1.165, 1.54) is 11.3 Å². The van der Waals surface area contributed by atoms with Crippen LogP contribution in [-0.4, -0.2) is 46.8 Å². The number of hydrogen-bond donors (Lipinski definition) is 2. The third-order valence-electron chi connectivity index (χ3n) is 3.35. The lowest BCUT2D eigenvalue weighted by Gasteiger charge is -2.20. The fourth-order valence-corrected chi connectivity index (χ4v) is 2.81. The van der Waals surface area contributed by atoms with E-state index in [1.54, 1.807) is 0 Å². The first-order valence-electron chi connectivity index (χ1n) is 6.63. The molecule has 19 heavy (non-hydrogen) atoms. The topological polar surface area (TPSA) is 70.1 Å². The van der Waals surface area contributed by atoms with Gasteiger partial charge in [-0.1, -0.05) is 11.3 Å². The smallest absolute Gasteiger partial charge is 0.321 e. The molecule has 2 amide bonds. The quantitative estimate of drug-likeness (QED) is 0.882. The summed E-state index contributed by atoms with van der Waals surface area (Å²) in [4.78, 5) is 14.1. The van der Waals surface area contributed by atoms with Crippen LogP contribution in [0.2, 0.25) is 0 Å². The van der Waals surface area contributed by atoms with Gasteiger partial charge in [0, 0.05) is 19.1 Å². The maximum atomic E-state index is 11.7. The Hall–Kier alpha value is -1.21. The number of carbonyl (C=O) groups excluding carboxylic acids is 1. The van der Waals surface area contributed by atoms with Crippen LogP contribution in [0.25, 0.3) is 0 Å². The number of nitrogens with zero attached hydrogens (tertiary/aromatic N) is 3. The average Bonchev–Trinajstić information content (AvgIpc) is 2.96. The Bertz CT molecular complexity index is 434. The van der Waals surface area contributed by atoms with Crippen LogP contribution in [0, 0.1) is 12.8 Å². The highest BCUT2D eigenvalue weighted by Gasteiger charge is 2.24. The number of amides is 2. The van der Waals surface area contributed by atoms with Crippen molar-refractivity contribution in [2.24, 2.45) is 5.92 Å². The third-order valence-corrected chi connectivity index (χ3v) is 4.10. The molecule has 1 saturated heterocycles. The number of likely N-dealkylation sites (tertiary alicyclic amines) is 1. The monoisotopic (exact) mass is 283 g/mol. The predicted molar refractivity (Wildman–Crippen MR) is 76.5 cm³/mol. The maximum Gasteiger partial charge on any atom is 0.321 e. The summed E-state index contributed by atoms with van der Waals surface area (Å²) in [5, 5.41) is 14.7. The number of rotatable bonds is 4. The summed E-state index contributed by atoms with van der Waals surface area (Å²) >= 11 is 1.38. The fourth-order valence-electron chi connectivity index (χ4n) is 2.22. The lowest BCUT2D eigenvalue weighted by Crippen LogP contribution is -2.35. The Labute approximate surface area is 117 Å². The molecule has 1 fully saturated rings. The number of anilines is 1. The molecule has 1 aliphatic heterocycles. The summed E-state index contributed by atoms with van der Waals surface area (Å²) in [6.07, 6.45) is 1.15. The van der Waals surface area contributed by atoms with Crippen molar-refractivity contribution >= 4 is 22.5 Å². The largest absolute Gasteiger partial charge is 0.337 e. The van der Waals surface area contributed by atoms with Gasteiger partial charge in [0.2, 0.25) is 5.13 Å². The zero-order valence-electron chi connectivity index (χ0n) is 11.6. The van der Waals surface area contributed by atoms with Gasteiger partial charge in [-0.15, -0.1) is 10.2 Å². The van der Waals surface area contributed by atoms with Crippen LogP contribution in [0.1, 0.15) is 25.3 Å². The van der Waals surface area contributed by atoms with Crippen molar-refractivity contribution in [3.8, 4) is 0 Å². The number of aryl methyl sites for hydroxylation is 1. The van der Waals surface area contributed by atoms with Crippen molar-refractivity contribution in [2.45, 2.75) is 33.2 Å². The summed E-state index contributed by atoms with van der Waals surface area (Å²) in [6.45, 7) is 9.18. The van der Waals surface area contributed by atoms with Gasteiger partial charge in [0.25, 0.3) is 0 Å². The van der Waals surface area contributed by atoms with Gasteiger partial charge in [-0.3, -0.25) is 5.32 Å². The molecular weight excluding hydrogens is 262 g/mol. The van der Waals surface area contributed by atoms with E-state index in [2.05, 4.69) is 39.6 Å². The second kappa shape index (κ2) is 6.29. The van der Waals surface area contributed by atoms with Crippen molar-refractivity contribution < 1.29 is 4.79 Å². The molecule has 0 spiro atoms. The third kappa shape index (κ3) is 4.14. The normalized spacial score (nSPS) is 19.9. The molecule has 1 aliphatic rings. The summed E-state index contributed by atoms with van der Waals surface area (Å²) < 4.78 is 0. The summed E-state index contributed by atoms with van der Waals surface area (Å²) in [5.41, 5.74) is 0. The molecule has 106 valence electrons. The Morgan fingerprint density at radius 2 is 2.32 bits per heavy atom. The molecule has 0 bridgehead atoms. The van der Waals surface area contributed by atoms with Crippen molar-refractivity contribution in [1.82, 2.24) is 20.4 Å². The van der Waals surface area contributed by atoms with Crippen LogP contribution in [0.4, 0.5) is 9.93 Å². The molecule has 2 N–H and O–H groups in total. The lowest BCUT2D eigenvalue weighted by atomic mass is 10.1. The zero-order valence-corrected chi connectivity index (χ0v) is 12.5. The van der Waals surface area contributed by atoms with Crippen molar-refractivity contribution in [2.75, 3.05) is 25.0 Å². The average molecular weight is 283 g/mol. The van der Waals surface area contributed by atoms with Gasteiger partial charge in [0.1, 0.15) is 5.01 Å². The van der Waals surface area contributed by atoms with Gasteiger partial charge in [-0.05, 0) is 39.7 Å². The van der Waals surface area contributed by atoms with E-state index in [4.69, 9.17) is 0 Å². The molecule has 0 aliphatic carbocycles. The second-order valence-electron chi connectivity index (χ2n) is 5.20. The van der Waals surface area contributed by atoms with Gasteiger partial charge < -0.3 is 10.2 Å². The van der Waals surface area contributed by atoms with E-state index in [0.717, 1.165) is 24.5 Å².